The third-order valence-electron chi connectivity index (χ3n) is 2.07. The Hall–Kier alpha value is -2.57. The van der Waals surface area contributed by atoms with Crippen LogP contribution >= 0.6 is 0 Å². The molecule has 86 valence electrons. The molecule has 0 saturated carbocycles. The number of ketones is 1. The van der Waals surface area contributed by atoms with Gasteiger partial charge in [0.15, 0.2) is 5.82 Å². The molecule has 17 heavy (non-hydrogen) atoms. The van der Waals surface area contributed by atoms with Crippen molar-refractivity contribution in [2.75, 3.05) is 0 Å². The molecule has 2 aromatic rings. The summed E-state index contributed by atoms with van der Waals surface area (Å²) in [6.07, 6.45) is 4.14. The van der Waals surface area contributed by atoms with Crippen LogP contribution in [0.5, 0.6) is 0 Å². The molecule has 0 saturated heterocycles. The van der Waals surface area contributed by atoms with Crippen LogP contribution in [-0.2, 0) is 16.0 Å². The summed E-state index contributed by atoms with van der Waals surface area (Å²) in [7, 11) is 0. The van der Waals surface area contributed by atoms with Crippen LogP contribution in [-0.4, -0.2) is 36.6 Å². The number of carboxylic acid groups (broad SMARTS) is 1. The van der Waals surface area contributed by atoms with Gasteiger partial charge in [-0.1, -0.05) is 6.07 Å². The highest BCUT2D eigenvalue weighted by molar-refractivity contribution is 6.33. The van der Waals surface area contributed by atoms with Gasteiger partial charge < -0.3 is 5.11 Å². The van der Waals surface area contributed by atoms with Gasteiger partial charge in [-0.05, 0) is 11.6 Å². The lowest BCUT2D eigenvalue weighted by Gasteiger charge is -2.01. The molecular formula is C10H8N4O3. The Balaban J connectivity index is 2.14. The zero-order valence-corrected chi connectivity index (χ0v) is 8.65. The summed E-state index contributed by atoms with van der Waals surface area (Å²) in [6.45, 7) is 0. The molecule has 0 aromatic carbocycles. The van der Waals surface area contributed by atoms with E-state index in [1.165, 1.54) is 23.5 Å². The Kier molecular flexibility index (Phi) is 2.91. The maximum atomic E-state index is 11.0. The van der Waals surface area contributed by atoms with Gasteiger partial charge in [-0.2, -0.15) is 5.10 Å². The van der Waals surface area contributed by atoms with Gasteiger partial charge in [-0.3, -0.25) is 4.79 Å². The minimum Gasteiger partial charge on any atom is -0.475 e. The van der Waals surface area contributed by atoms with E-state index in [1.54, 1.807) is 12.1 Å². The lowest BCUT2D eigenvalue weighted by atomic mass is 10.1. The summed E-state index contributed by atoms with van der Waals surface area (Å²) < 4.78 is 1.46. The Labute approximate surface area is 95.7 Å². The van der Waals surface area contributed by atoms with Crippen molar-refractivity contribution < 1.29 is 14.7 Å². The molecule has 2 rings (SSSR count). The van der Waals surface area contributed by atoms with Gasteiger partial charge in [0.2, 0.25) is 5.78 Å². The largest absolute Gasteiger partial charge is 0.475 e. The maximum absolute atomic E-state index is 11.0. The smallest absolute Gasteiger partial charge is 0.372 e. The molecule has 0 atom stereocenters. The van der Waals surface area contributed by atoms with Crippen molar-refractivity contribution in [3.05, 3.63) is 36.5 Å². The number of hydrogen-bond acceptors (Lipinski definition) is 5. The van der Waals surface area contributed by atoms with E-state index < -0.39 is 11.8 Å². The number of Topliss-reactive ketones (excluding diaryl/α,β-unsaturated/α-hetero) is 1. The first-order valence-electron chi connectivity index (χ1n) is 4.73. The van der Waals surface area contributed by atoms with Crippen molar-refractivity contribution in [2.45, 2.75) is 6.42 Å². The van der Waals surface area contributed by atoms with Crippen LogP contribution in [0.15, 0.2) is 31.0 Å². The molecule has 0 radical (unpaired) electrons. The number of carboxylic acids is 1. The van der Waals surface area contributed by atoms with Gasteiger partial charge in [-0.25, -0.2) is 19.4 Å². The zero-order valence-electron chi connectivity index (χ0n) is 8.65. The summed E-state index contributed by atoms with van der Waals surface area (Å²) >= 11 is 0. The number of carbonyl (C=O) groups excluding carboxylic acids is 1. The minimum absolute atomic E-state index is 0.167. The number of nitrogens with zero attached hydrogens (tertiary/aromatic N) is 4. The molecule has 0 aliphatic rings. The number of aromatic nitrogens is 4. The quantitative estimate of drug-likeness (QED) is 0.736. The van der Waals surface area contributed by atoms with Gasteiger partial charge in [0.25, 0.3) is 0 Å². The van der Waals surface area contributed by atoms with E-state index in [1.807, 2.05) is 0 Å². The van der Waals surface area contributed by atoms with Gasteiger partial charge in [0.05, 0.1) is 0 Å². The fourth-order valence-electron chi connectivity index (χ4n) is 1.24. The van der Waals surface area contributed by atoms with E-state index >= 15 is 0 Å². The van der Waals surface area contributed by atoms with Gasteiger partial charge in [-0.15, -0.1) is 0 Å². The van der Waals surface area contributed by atoms with Crippen LogP contribution in [0.25, 0.3) is 5.82 Å². The molecule has 0 unspecified atom stereocenters. The third-order valence-corrected chi connectivity index (χ3v) is 2.07. The minimum atomic E-state index is -1.44. The van der Waals surface area contributed by atoms with Crippen LogP contribution in [0.2, 0.25) is 0 Å². The summed E-state index contributed by atoms with van der Waals surface area (Å²) in [5, 5.41) is 12.3. The van der Waals surface area contributed by atoms with Gasteiger partial charge in [0, 0.05) is 12.6 Å². The van der Waals surface area contributed by atoms with E-state index in [4.69, 9.17) is 5.11 Å². The molecule has 2 heterocycles. The van der Waals surface area contributed by atoms with Crippen molar-refractivity contribution in [3.8, 4) is 5.82 Å². The number of hydrogen-bond donors (Lipinski definition) is 1. The van der Waals surface area contributed by atoms with Crippen LogP contribution in [0.4, 0.5) is 0 Å². The lowest BCUT2D eigenvalue weighted by Crippen LogP contribution is -2.15. The first-order chi connectivity index (χ1) is 8.16. The molecule has 1 N–H and O–H groups in total. The van der Waals surface area contributed by atoms with Crippen molar-refractivity contribution >= 4 is 11.8 Å². The average Bonchev–Trinajstić information content (AvgIpc) is 2.83. The number of aliphatic carboxylic acids is 1. The Morgan fingerprint density at radius 3 is 2.71 bits per heavy atom. The summed E-state index contributed by atoms with van der Waals surface area (Å²) in [5.74, 6) is -1.75. The summed E-state index contributed by atoms with van der Waals surface area (Å²) in [6, 6.07) is 3.27. The number of rotatable bonds is 4. The van der Waals surface area contributed by atoms with Crippen LogP contribution in [0.1, 0.15) is 5.56 Å². The van der Waals surface area contributed by atoms with E-state index in [0.717, 1.165) is 0 Å². The van der Waals surface area contributed by atoms with E-state index in [-0.39, 0.29) is 6.42 Å². The lowest BCUT2D eigenvalue weighted by molar-refractivity contribution is -0.148. The first kappa shape index (κ1) is 10.9. The second-order valence-electron chi connectivity index (χ2n) is 3.27. The topological polar surface area (TPSA) is 98.0 Å². The summed E-state index contributed by atoms with van der Waals surface area (Å²) in [4.78, 5) is 29.2. The second kappa shape index (κ2) is 4.52. The van der Waals surface area contributed by atoms with Crippen molar-refractivity contribution in [2.24, 2.45) is 0 Å². The summed E-state index contributed by atoms with van der Waals surface area (Å²) in [5.41, 5.74) is 0.543. The zero-order chi connectivity index (χ0) is 12.3. The molecule has 0 bridgehead atoms. The van der Waals surface area contributed by atoms with E-state index in [2.05, 4.69) is 15.1 Å². The third kappa shape index (κ3) is 2.51. The highest BCUT2D eigenvalue weighted by Gasteiger charge is 2.12. The number of carbonyl (C=O) groups is 2. The Morgan fingerprint density at radius 1 is 1.35 bits per heavy atom. The van der Waals surface area contributed by atoms with Crippen LogP contribution < -0.4 is 0 Å². The van der Waals surface area contributed by atoms with Gasteiger partial charge in [0.1, 0.15) is 12.7 Å². The Bertz CT molecular complexity index is 533. The molecule has 0 aliphatic carbocycles. The molecule has 0 aliphatic heterocycles. The van der Waals surface area contributed by atoms with Crippen LogP contribution in [0.3, 0.4) is 0 Å². The molecular weight excluding hydrogens is 224 g/mol. The fourth-order valence-corrected chi connectivity index (χ4v) is 1.24. The number of pyridine rings is 1. The van der Waals surface area contributed by atoms with Crippen molar-refractivity contribution in [1.82, 2.24) is 19.7 Å². The highest BCUT2D eigenvalue weighted by Crippen LogP contribution is 2.05. The fraction of sp³-hybridized carbons (Fsp3) is 0.100. The molecule has 0 fully saturated rings. The predicted molar refractivity (Wildman–Crippen MR) is 55.5 cm³/mol. The SMILES string of the molecule is O=C(O)C(=O)Cc1ccc(-n2cncn2)nc1. The normalized spacial score (nSPS) is 10.1. The molecule has 0 amide bonds. The standard InChI is InChI=1S/C10H8N4O3/c15-8(10(16)17)3-7-1-2-9(12-4-7)14-6-11-5-13-14/h1-2,4-6H,3H2,(H,16,17). The van der Waals surface area contributed by atoms with Crippen LogP contribution in [0, 0.1) is 0 Å². The highest BCUT2D eigenvalue weighted by atomic mass is 16.4. The Morgan fingerprint density at radius 2 is 2.18 bits per heavy atom. The maximum Gasteiger partial charge on any atom is 0.372 e. The van der Waals surface area contributed by atoms with E-state index in [9.17, 15) is 9.59 Å². The molecule has 7 nitrogen and oxygen atoms in total. The van der Waals surface area contributed by atoms with Crippen molar-refractivity contribution in [3.63, 3.8) is 0 Å². The first-order valence-corrected chi connectivity index (χ1v) is 4.73. The average molecular weight is 232 g/mol. The second-order valence-corrected chi connectivity index (χ2v) is 3.27. The van der Waals surface area contributed by atoms with E-state index in [0.29, 0.717) is 11.4 Å². The van der Waals surface area contributed by atoms with Crippen molar-refractivity contribution in [1.29, 1.82) is 0 Å². The predicted octanol–water partition coefficient (Wildman–Crippen LogP) is -0.141. The van der Waals surface area contributed by atoms with Gasteiger partial charge >= 0.3 is 5.97 Å². The monoisotopic (exact) mass is 232 g/mol. The molecule has 0 spiro atoms. The molecule has 2 aromatic heterocycles. The molecule has 7 heteroatoms.